The number of aryl methyl sites for hydroxylation is 1. The van der Waals surface area contributed by atoms with Crippen molar-refractivity contribution in [3.63, 3.8) is 0 Å². The Labute approximate surface area is 98.3 Å². The fourth-order valence-corrected chi connectivity index (χ4v) is 2.92. The van der Waals surface area contributed by atoms with Gasteiger partial charge in [0.1, 0.15) is 0 Å². The number of hydrogen-bond acceptors (Lipinski definition) is 1. The molecule has 2 aliphatic carbocycles. The number of hydrogen-bond donors (Lipinski definition) is 1. The maximum Gasteiger partial charge on any atom is 0.0326 e. The van der Waals surface area contributed by atoms with Crippen LogP contribution in [-0.4, -0.2) is 6.54 Å². The van der Waals surface area contributed by atoms with Crippen LogP contribution in [0, 0.1) is 12.8 Å². The number of nitrogens with one attached hydrogen (secondary N) is 1. The van der Waals surface area contributed by atoms with Gasteiger partial charge >= 0.3 is 0 Å². The lowest BCUT2D eigenvalue weighted by Crippen LogP contribution is -2.20. The average Bonchev–Trinajstić information content (AvgIpc) is 3.00. The molecule has 0 heterocycles. The number of fused-ring (bicyclic) bond motifs is 1. The van der Waals surface area contributed by atoms with Gasteiger partial charge in [-0.2, -0.15) is 0 Å². The molecule has 0 saturated heterocycles. The molecule has 86 valence electrons. The maximum atomic E-state index is 3.74. The molecule has 0 aliphatic heterocycles. The van der Waals surface area contributed by atoms with E-state index in [9.17, 15) is 0 Å². The van der Waals surface area contributed by atoms with Crippen LogP contribution in [0.15, 0.2) is 18.2 Å². The Balaban J connectivity index is 1.63. The second-order valence-corrected chi connectivity index (χ2v) is 5.42. The van der Waals surface area contributed by atoms with Gasteiger partial charge in [0.25, 0.3) is 0 Å². The third-order valence-corrected chi connectivity index (χ3v) is 4.15. The van der Waals surface area contributed by atoms with E-state index < -0.39 is 0 Å². The molecule has 1 atom stereocenters. The lowest BCUT2D eigenvalue weighted by atomic mass is 10.0. The molecule has 0 amide bonds. The lowest BCUT2D eigenvalue weighted by Gasteiger charge is -2.14. The lowest BCUT2D eigenvalue weighted by molar-refractivity contribution is 0.507. The van der Waals surface area contributed by atoms with E-state index in [-0.39, 0.29) is 0 Å². The van der Waals surface area contributed by atoms with Crippen molar-refractivity contribution >= 4 is 0 Å². The average molecular weight is 215 g/mol. The first kappa shape index (κ1) is 10.3. The SMILES string of the molecule is Cc1cccc2c1CCC2NCCC1CC1. The van der Waals surface area contributed by atoms with E-state index >= 15 is 0 Å². The molecule has 1 aromatic rings. The van der Waals surface area contributed by atoms with Crippen molar-refractivity contribution in [1.82, 2.24) is 5.32 Å². The molecule has 1 aromatic carbocycles. The molecule has 1 nitrogen and oxygen atoms in total. The largest absolute Gasteiger partial charge is 0.310 e. The van der Waals surface area contributed by atoms with E-state index in [1.54, 1.807) is 11.1 Å². The van der Waals surface area contributed by atoms with Gasteiger partial charge in [0.2, 0.25) is 0 Å². The molecule has 1 unspecified atom stereocenters. The predicted molar refractivity (Wildman–Crippen MR) is 67.6 cm³/mol. The Kier molecular flexibility index (Phi) is 2.72. The Morgan fingerprint density at radius 3 is 2.94 bits per heavy atom. The molecule has 0 bridgehead atoms. The van der Waals surface area contributed by atoms with Crippen LogP contribution in [0.4, 0.5) is 0 Å². The molecule has 1 N–H and O–H groups in total. The van der Waals surface area contributed by atoms with Crippen LogP contribution in [0.1, 0.15) is 48.4 Å². The first-order chi connectivity index (χ1) is 7.84. The highest BCUT2D eigenvalue weighted by atomic mass is 14.9. The van der Waals surface area contributed by atoms with E-state index in [0.717, 1.165) is 5.92 Å². The minimum atomic E-state index is 0.633. The van der Waals surface area contributed by atoms with Crippen LogP contribution in [0.25, 0.3) is 0 Å². The van der Waals surface area contributed by atoms with E-state index in [2.05, 4.69) is 30.4 Å². The van der Waals surface area contributed by atoms with Gasteiger partial charge in [-0.05, 0) is 55.3 Å². The zero-order valence-electron chi connectivity index (χ0n) is 10.1. The van der Waals surface area contributed by atoms with Crippen molar-refractivity contribution in [3.05, 3.63) is 34.9 Å². The first-order valence-electron chi connectivity index (χ1n) is 6.66. The van der Waals surface area contributed by atoms with Crippen molar-refractivity contribution in [2.24, 2.45) is 5.92 Å². The molecule has 0 spiro atoms. The summed E-state index contributed by atoms with van der Waals surface area (Å²) < 4.78 is 0. The summed E-state index contributed by atoms with van der Waals surface area (Å²) in [6.45, 7) is 3.45. The highest BCUT2D eigenvalue weighted by Gasteiger charge is 2.24. The summed E-state index contributed by atoms with van der Waals surface area (Å²) in [6.07, 6.45) is 6.90. The third kappa shape index (κ3) is 2.01. The summed E-state index contributed by atoms with van der Waals surface area (Å²) in [5.74, 6) is 1.05. The van der Waals surface area contributed by atoms with Gasteiger partial charge in [-0.25, -0.2) is 0 Å². The van der Waals surface area contributed by atoms with Crippen LogP contribution in [0.5, 0.6) is 0 Å². The fraction of sp³-hybridized carbons (Fsp3) is 0.600. The molecule has 16 heavy (non-hydrogen) atoms. The summed E-state index contributed by atoms with van der Waals surface area (Å²) in [6, 6.07) is 7.39. The Bertz CT molecular complexity index is 379. The second kappa shape index (κ2) is 4.21. The van der Waals surface area contributed by atoms with Gasteiger partial charge in [0.05, 0.1) is 0 Å². The summed E-state index contributed by atoms with van der Waals surface area (Å²) in [5, 5.41) is 3.74. The van der Waals surface area contributed by atoms with E-state index in [1.165, 1.54) is 44.2 Å². The van der Waals surface area contributed by atoms with Gasteiger partial charge in [-0.3, -0.25) is 0 Å². The van der Waals surface area contributed by atoms with Gasteiger partial charge in [0, 0.05) is 6.04 Å². The molecule has 1 fully saturated rings. The van der Waals surface area contributed by atoms with Crippen LogP contribution < -0.4 is 5.32 Å². The van der Waals surface area contributed by atoms with Gasteiger partial charge in [-0.15, -0.1) is 0 Å². The zero-order chi connectivity index (χ0) is 11.0. The number of benzene rings is 1. The first-order valence-corrected chi connectivity index (χ1v) is 6.66. The molecule has 0 radical (unpaired) electrons. The number of rotatable bonds is 4. The monoisotopic (exact) mass is 215 g/mol. The minimum Gasteiger partial charge on any atom is -0.310 e. The van der Waals surface area contributed by atoms with Crippen molar-refractivity contribution in [2.45, 2.75) is 45.1 Å². The topological polar surface area (TPSA) is 12.0 Å². The maximum absolute atomic E-state index is 3.74. The summed E-state index contributed by atoms with van der Waals surface area (Å²) in [4.78, 5) is 0. The highest BCUT2D eigenvalue weighted by molar-refractivity contribution is 5.40. The molecular weight excluding hydrogens is 194 g/mol. The summed E-state index contributed by atoms with van der Waals surface area (Å²) in [5.41, 5.74) is 4.64. The minimum absolute atomic E-state index is 0.633. The molecule has 1 heteroatoms. The zero-order valence-corrected chi connectivity index (χ0v) is 10.1. The van der Waals surface area contributed by atoms with Crippen LogP contribution in [0.2, 0.25) is 0 Å². The molecule has 0 aromatic heterocycles. The normalized spacial score (nSPS) is 23.4. The van der Waals surface area contributed by atoms with Crippen molar-refractivity contribution in [2.75, 3.05) is 6.54 Å². The van der Waals surface area contributed by atoms with Crippen LogP contribution >= 0.6 is 0 Å². The van der Waals surface area contributed by atoms with Gasteiger partial charge in [-0.1, -0.05) is 31.0 Å². The Morgan fingerprint density at radius 1 is 1.25 bits per heavy atom. The van der Waals surface area contributed by atoms with Crippen LogP contribution in [0.3, 0.4) is 0 Å². The third-order valence-electron chi connectivity index (χ3n) is 4.15. The Morgan fingerprint density at radius 2 is 2.12 bits per heavy atom. The van der Waals surface area contributed by atoms with Gasteiger partial charge < -0.3 is 5.32 Å². The highest BCUT2D eigenvalue weighted by Crippen LogP contribution is 2.34. The predicted octanol–water partition coefficient (Wildman–Crippen LogP) is 3.37. The van der Waals surface area contributed by atoms with E-state index in [1.807, 2.05) is 0 Å². The molecule has 2 aliphatic rings. The second-order valence-electron chi connectivity index (χ2n) is 5.42. The Hall–Kier alpha value is -0.820. The summed E-state index contributed by atoms with van der Waals surface area (Å²) >= 11 is 0. The van der Waals surface area contributed by atoms with Gasteiger partial charge in [0.15, 0.2) is 0 Å². The molecule has 3 rings (SSSR count). The van der Waals surface area contributed by atoms with Crippen molar-refractivity contribution < 1.29 is 0 Å². The molecular formula is C15H21N. The van der Waals surface area contributed by atoms with Crippen LogP contribution in [-0.2, 0) is 6.42 Å². The van der Waals surface area contributed by atoms with E-state index in [4.69, 9.17) is 0 Å². The van der Waals surface area contributed by atoms with Crippen molar-refractivity contribution in [3.8, 4) is 0 Å². The summed E-state index contributed by atoms with van der Waals surface area (Å²) in [7, 11) is 0. The van der Waals surface area contributed by atoms with Crippen molar-refractivity contribution in [1.29, 1.82) is 0 Å². The smallest absolute Gasteiger partial charge is 0.0326 e. The standard InChI is InChI=1S/C15H21N/c1-11-3-2-4-14-13(11)7-8-15(14)16-10-9-12-5-6-12/h2-4,12,15-16H,5-10H2,1H3. The fourth-order valence-electron chi connectivity index (χ4n) is 2.92. The molecule has 1 saturated carbocycles. The van der Waals surface area contributed by atoms with E-state index in [0.29, 0.717) is 6.04 Å². The quantitative estimate of drug-likeness (QED) is 0.812.